The second kappa shape index (κ2) is 8.14. The average Bonchev–Trinajstić information content (AvgIpc) is 3.39. The number of benzene rings is 1. The van der Waals surface area contributed by atoms with Gasteiger partial charge in [-0.2, -0.15) is 9.78 Å². The summed E-state index contributed by atoms with van der Waals surface area (Å²) in [5, 5.41) is 4.15. The zero-order valence-corrected chi connectivity index (χ0v) is 17.5. The summed E-state index contributed by atoms with van der Waals surface area (Å²) in [4.78, 5) is 19.2. The monoisotopic (exact) mass is 399 g/mol. The molecule has 0 radical (unpaired) electrons. The Labute approximate surface area is 171 Å². The zero-order valence-electron chi connectivity index (χ0n) is 17.5. The van der Waals surface area contributed by atoms with Crippen LogP contribution in [0.3, 0.4) is 0 Å². The van der Waals surface area contributed by atoms with Gasteiger partial charge in [0, 0.05) is 57.7 Å². The molecule has 1 amide bonds. The van der Waals surface area contributed by atoms with E-state index >= 15 is 0 Å². The number of aryl methyl sites for hydroxylation is 1. The minimum atomic E-state index is -0.183. The molecule has 156 valence electrons. The first-order valence-electron chi connectivity index (χ1n) is 10.5. The maximum atomic E-state index is 13.9. The predicted octanol–water partition coefficient (Wildman–Crippen LogP) is 3.21. The molecule has 0 bridgehead atoms. The van der Waals surface area contributed by atoms with E-state index in [4.69, 9.17) is 0 Å². The first-order valence-corrected chi connectivity index (χ1v) is 10.5. The molecule has 2 unspecified atom stereocenters. The molecular weight excluding hydrogens is 369 g/mol. The van der Waals surface area contributed by atoms with Gasteiger partial charge in [0.1, 0.15) is 5.82 Å². The number of carbonyl (C=O) groups is 1. The lowest BCUT2D eigenvalue weighted by molar-refractivity contribution is 0.197. The van der Waals surface area contributed by atoms with E-state index in [0.29, 0.717) is 11.8 Å². The number of halogens is 1. The SMILES string of the molecule is CCN(CC)c1cc(F)ccc1CN1CC2CN(C(=O)n3cc(C)cn3)CC2C1. The molecule has 1 aromatic carbocycles. The molecule has 6 nitrogen and oxygen atoms in total. The maximum absolute atomic E-state index is 13.9. The van der Waals surface area contributed by atoms with Gasteiger partial charge in [0.2, 0.25) is 0 Å². The van der Waals surface area contributed by atoms with Crippen molar-refractivity contribution in [3.8, 4) is 0 Å². The normalized spacial score (nSPS) is 21.6. The van der Waals surface area contributed by atoms with Crippen molar-refractivity contribution in [1.29, 1.82) is 0 Å². The van der Waals surface area contributed by atoms with Crippen LogP contribution in [0.5, 0.6) is 0 Å². The van der Waals surface area contributed by atoms with Crippen molar-refractivity contribution in [2.75, 3.05) is 44.2 Å². The van der Waals surface area contributed by atoms with Gasteiger partial charge in [0.05, 0.1) is 6.20 Å². The highest BCUT2D eigenvalue weighted by Gasteiger charge is 2.42. The van der Waals surface area contributed by atoms with E-state index < -0.39 is 0 Å². The second-order valence-corrected chi connectivity index (χ2v) is 8.31. The molecule has 2 aromatic rings. The fraction of sp³-hybridized carbons (Fsp3) is 0.545. The molecule has 2 atom stereocenters. The number of aromatic nitrogens is 2. The van der Waals surface area contributed by atoms with Crippen molar-refractivity contribution in [3.05, 3.63) is 47.5 Å². The molecule has 2 aliphatic rings. The second-order valence-electron chi connectivity index (χ2n) is 8.31. The quantitative estimate of drug-likeness (QED) is 0.775. The lowest BCUT2D eigenvalue weighted by Gasteiger charge is -2.27. The molecule has 2 aliphatic heterocycles. The Bertz CT molecular complexity index is 864. The molecule has 0 spiro atoms. The van der Waals surface area contributed by atoms with E-state index in [2.05, 4.69) is 28.7 Å². The van der Waals surface area contributed by atoms with Crippen LogP contribution in [0.15, 0.2) is 30.6 Å². The van der Waals surface area contributed by atoms with Crippen molar-refractivity contribution in [2.24, 2.45) is 11.8 Å². The Morgan fingerprint density at radius 3 is 2.45 bits per heavy atom. The third-order valence-electron chi connectivity index (χ3n) is 6.29. The van der Waals surface area contributed by atoms with Crippen LogP contribution in [0, 0.1) is 24.6 Å². The highest BCUT2D eigenvalue weighted by molar-refractivity contribution is 5.76. The number of anilines is 1. The summed E-state index contributed by atoms with van der Waals surface area (Å²) in [5.41, 5.74) is 3.17. The molecule has 3 heterocycles. The highest BCUT2D eigenvalue weighted by atomic mass is 19.1. The third-order valence-corrected chi connectivity index (χ3v) is 6.29. The van der Waals surface area contributed by atoms with Gasteiger partial charge >= 0.3 is 6.03 Å². The first-order chi connectivity index (χ1) is 14.0. The Hall–Kier alpha value is -2.41. The van der Waals surface area contributed by atoms with Crippen molar-refractivity contribution in [3.63, 3.8) is 0 Å². The topological polar surface area (TPSA) is 44.6 Å². The molecule has 1 aromatic heterocycles. The van der Waals surface area contributed by atoms with Crippen molar-refractivity contribution >= 4 is 11.7 Å². The van der Waals surface area contributed by atoms with E-state index in [9.17, 15) is 9.18 Å². The van der Waals surface area contributed by atoms with Gasteiger partial charge in [-0.25, -0.2) is 9.18 Å². The van der Waals surface area contributed by atoms with Gasteiger partial charge in [0.25, 0.3) is 0 Å². The summed E-state index contributed by atoms with van der Waals surface area (Å²) in [6, 6.07) is 5.12. The van der Waals surface area contributed by atoms with E-state index in [1.54, 1.807) is 24.5 Å². The minimum absolute atomic E-state index is 0.0265. The van der Waals surface area contributed by atoms with Crippen molar-refractivity contribution in [2.45, 2.75) is 27.3 Å². The Morgan fingerprint density at radius 1 is 1.17 bits per heavy atom. The average molecular weight is 400 g/mol. The van der Waals surface area contributed by atoms with Crippen LogP contribution in [0.1, 0.15) is 25.0 Å². The number of carbonyl (C=O) groups excluding carboxylic acids is 1. The van der Waals surface area contributed by atoms with Crippen molar-refractivity contribution < 1.29 is 9.18 Å². The van der Waals surface area contributed by atoms with E-state index in [1.165, 1.54) is 10.2 Å². The minimum Gasteiger partial charge on any atom is -0.372 e. The van der Waals surface area contributed by atoms with Crippen LogP contribution >= 0.6 is 0 Å². The molecule has 2 fully saturated rings. The fourth-order valence-corrected chi connectivity index (χ4v) is 4.81. The lowest BCUT2D eigenvalue weighted by atomic mass is 10.0. The van der Waals surface area contributed by atoms with E-state index in [1.807, 2.05) is 17.9 Å². The predicted molar refractivity (Wildman–Crippen MR) is 112 cm³/mol. The Balaban J connectivity index is 1.40. The fourth-order valence-electron chi connectivity index (χ4n) is 4.81. The summed E-state index contributed by atoms with van der Waals surface area (Å²) in [7, 11) is 0. The van der Waals surface area contributed by atoms with Gasteiger partial charge in [-0.1, -0.05) is 6.07 Å². The Kier molecular flexibility index (Phi) is 5.58. The summed E-state index contributed by atoms with van der Waals surface area (Å²) in [6.07, 6.45) is 3.50. The van der Waals surface area contributed by atoms with Crippen LogP contribution in [0.2, 0.25) is 0 Å². The number of hydrogen-bond acceptors (Lipinski definition) is 4. The van der Waals surface area contributed by atoms with Gasteiger partial charge in [0.15, 0.2) is 0 Å². The molecule has 2 saturated heterocycles. The molecule has 4 rings (SSSR count). The number of nitrogens with zero attached hydrogens (tertiary/aromatic N) is 5. The highest BCUT2D eigenvalue weighted by Crippen LogP contribution is 2.33. The first kappa shape index (κ1) is 19.9. The third kappa shape index (κ3) is 4.01. The number of likely N-dealkylation sites (tertiary alicyclic amines) is 2. The summed E-state index contributed by atoms with van der Waals surface area (Å²) in [5.74, 6) is 0.804. The number of amides is 1. The van der Waals surface area contributed by atoms with Crippen molar-refractivity contribution in [1.82, 2.24) is 19.6 Å². The van der Waals surface area contributed by atoms with Crippen LogP contribution in [-0.4, -0.2) is 64.9 Å². The van der Waals surface area contributed by atoms with Gasteiger partial charge in [-0.3, -0.25) is 4.90 Å². The standard InChI is InChI=1S/C22H30FN5O/c1-4-26(5-2)21-8-20(23)7-6-17(21)11-25-12-18-14-27(15-19(18)13-25)22(29)28-10-16(3)9-24-28/h6-10,18-19H,4-5,11-15H2,1-3H3. The van der Waals surface area contributed by atoms with Gasteiger partial charge in [-0.05, 0) is 55.9 Å². The van der Waals surface area contributed by atoms with E-state index in [0.717, 1.165) is 57.1 Å². The van der Waals surface area contributed by atoms with Crippen LogP contribution in [0.4, 0.5) is 14.9 Å². The lowest BCUT2D eigenvalue weighted by Crippen LogP contribution is -2.36. The van der Waals surface area contributed by atoms with Crippen LogP contribution in [0.25, 0.3) is 0 Å². The summed E-state index contributed by atoms with van der Waals surface area (Å²) < 4.78 is 15.3. The number of fused-ring (bicyclic) bond motifs is 1. The smallest absolute Gasteiger partial charge is 0.344 e. The van der Waals surface area contributed by atoms with E-state index in [-0.39, 0.29) is 11.8 Å². The maximum Gasteiger partial charge on any atom is 0.344 e. The summed E-state index contributed by atoms with van der Waals surface area (Å²) >= 11 is 0. The van der Waals surface area contributed by atoms with Crippen LogP contribution in [-0.2, 0) is 6.54 Å². The molecule has 0 saturated carbocycles. The molecule has 0 aliphatic carbocycles. The van der Waals surface area contributed by atoms with Gasteiger partial charge in [-0.15, -0.1) is 0 Å². The van der Waals surface area contributed by atoms with Crippen LogP contribution < -0.4 is 4.90 Å². The molecule has 0 N–H and O–H groups in total. The number of hydrogen-bond donors (Lipinski definition) is 0. The number of rotatable bonds is 5. The zero-order chi connectivity index (χ0) is 20.5. The van der Waals surface area contributed by atoms with Gasteiger partial charge < -0.3 is 9.80 Å². The molecule has 29 heavy (non-hydrogen) atoms. The Morgan fingerprint density at radius 2 is 1.86 bits per heavy atom. The molecule has 7 heteroatoms. The summed E-state index contributed by atoms with van der Waals surface area (Å²) in [6.45, 7) is 12.2. The molecular formula is C22H30FN5O. The largest absolute Gasteiger partial charge is 0.372 e.